The van der Waals surface area contributed by atoms with Crippen LogP contribution in [0.4, 0.5) is 0 Å². The monoisotopic (exact) mass is 405 g/mol. The Morgan fingerprint density at radius 1 is 1.13 bits per heavy atom. The number of amides is 2. The third kappa shape index (κ3) is 2.73. The second-order valence-corrected chi connectivity index (χ2v) is 7.65. The highest BCUT2D eigenvalue weighted by Gasteiger charge is 2.55. The second kappa shape index (κ2) is 7.09. The van der Waals surface area contributed by atoms with Crippen molar-refractivity contribution in [3.8, 4) is 5.75 Å². The molecule has 7 heteroatoms. The van der Waals surface area contributed by atoms with Crippen LogP contribution in [0.2, 0.25) is 0 Å². The van der Waals surface area contributed by atoms with E-state index in [1.165, 1.54) is 0 Å². The average Bonchev–Trinajstić information content (AvgIpc) is 3.52. The lowest BCUT2D eigenvalue weighted by Gasteiger charge is -2.47. The molecule has 0 aliphatic carbocycles. The lowest BCUT2D eigenvalue weighted by atomic mass is 9.93. The first-order valence-electron chi connectivity index (χ1n) is 10.1. The minimum atomic E-state index is -0.852. The molecule has 2 aliphatic rings. The molecule has 0 bridgehead atoms. The first-order chi connectivity index (χ1) is 14.6. The van der Waals surface area contributed by atoms with Gasteiger partial charge in [0.1, 0.15) is 17.2 Å². The summed E-state index contributed by atoms with van der Waals surface area (Å²) in [5, 5.41) is 0. The minimum Gasteiger partial charge on any atom is -0.497 e. The second-order valence-electron chi connectivity index (χ2n) is 7.65. The summed E-state index contributed by atoms with van der Waals surface area (Å²) in [4.78, 5) is 30.4. The van der Waals surface area contributed by atoms with Crippen molar-refractivity contribution in [3.63, 3.8) is 0 Å². The molecule has 2 aromatic heterocycles. The van der Waals surface area contributed by atoms with Crippen LogP contribution in [-0.4, -0.2) is 46.4 Å². The molecular formula is C23H23N3O4. The Morgan fingerprint density at radius 2 is 1.97 bits per heavy atom. The number of aryl methyl sites for hydroxylation is 1. The maximum atomic E-state index is 13.4. The highest BCUT2D eigenvalue weighted by Crippen LogP contribution is 2.43. The third-order valence-electron chi connectivity index (χ3n) is 6.14. The van der Waals surface area contributed by atoms with Gasteiger partial charge in [-0.2, -0.15) is 0 Å². The lowest BCUT2D eigenvalue weighted by molar-refractivity contribution is -0.140. The van der Waals surface area contributed by atoms with E-state index >= 15 is 0 Å². The van der Waals surface area contributed by atoms with Gasteiger partial charge in [-0.1, -0.05) is 12.1 Å². The van der Waals surface area contributed by atoms with Gasteiger partial charge >= 0.3 is 0 Å². The Morgan fingerprint density at radius 3 is 2.70 bits per heavy atom. The number of carbonyl (C=O) groups is 2. The largest absolute Gasteiger partial charge is 0.497 e. The number of methoxy groups -OCH3 is 1. The van der Waals surface area contributed by atoms with Crippen molar-refractivity contribution in [2.24, 2.45) is 0 Å². The molecule has 1 unspecified atom stereocenters. The molecule has 0 radical (unpaired) electrons. The van der Waals surface area contributed by atoms with Crippen molar-refractivity contribution >= 4 is 11.8 Å². The number of hydrogen-bond donors (Lipinski definition) is 0. The lowest BCUT2D eigenvalue weighted by Crippen LogP contribution is -2.60. The van der Waals surface area contributed by atoms with E-state index in [0.29, 0.717) is 38.2 Å². The molecule has 2 amide bonds. The molecule has 7 nitrogen and oxygen atoms in total. The fraction of sp³-hybridized carbons (Fsp3) is 0.304. The first-order valence-corrected chi connectivity index (χ1v) is 10.1. The predicted molar refractivity (Wildman–Crippen MR) is 109 cm³/mol. The van der Waals surface area contributed by atoms with Crippen LogP contribution in [0.15, 0.2) is 65.4 Å². The normalized spacial score (nSPS) is 20.2. The van der Waals surface area contributed by atoms with Crippen molar-refractivity contribution < 1.29 is 18.7 Å². The van der Waals surface area contributed by atoms with Crippen LogP contribution in [0.3, 0.4) is 0 Å². The zero-order valence-electron chi connectivity index (χ0n) is 16.8. The van der Waals surface area contributed by atoms with E-state index in [9.17, 15) is 9.59 Å². The van der Waals surface area contributed by atoms with Gasteiger partial charge < -0.3 is 23.5 Å². The molecule has 1 atom stereocenters. The van der Waals surface area contributed by atoms with Gasteiger partial charge in [0.15, 0.2) is 5.66 Å². The zero-order valence-corrected chi connectivity index (χ0v) is 16.8. The predicted octanol–water partition coefficient (Wildman–Crippen LogP) is 2.87. The smallest absolute Gasteiger partial charge is 0.272 e. The number of carbonyl (C=O) groups excluding carboxylic acids is 2. The van der Waals surface area contributed by atoms with Crippen LogP contribution in [0.5, 0.6) is 5.75 Å². The van der Waals surface area contributed by atoms with E-state index < -0.39 is 5.66 Å². The van der Waals surface area contributed by atoms with Crippen LogP contribution in [0, 0.1) is 0 Å². The van der Waals surface area contributed by atoms with Crippen molar-refractivity contribution in [2.45, 2.75) is 25.0 Å². The Hall–Kier alpha value is -3.48. The highest BCUT2D eigenvalue weighted by atomic mass is 16.5. The summed E-state index contributed by atoms with van der Waals surface area (Å²) < 4.78 is 12.6. The van der Waals surface area contributed by atoms with Gasteiger partial charge in [-0.3, -0.25) is 9.59 Å². The fourth-order valence-corrected chi connectivity index (χ4v) is 4.69. The number of nitrogens with zero attached hydrogens (tertiary/aromatic N) is 3. The zero-order chi connectivity index (χ0) is 20.7. The molecule has 1 fully saturated rings. The molecule has 2 aliphatic heterocycles. The van der Waals surface area contributed by atoms with Gasteiger partial charge in [0.2, 0.25) is 5.91 Å². The summed E-state index contributed by atoms with van der Waals surface area (Å²) in [6.07, 6.45) is 4.37. The Bertz CT molecular complexity index is 1070. The van der Waals surface area contributed by atoms with Crippen LogP contribution in [0.1, 0.15) is 28.2 Å². The number of fused-ring (bicyclic) bond motifs is 2. The molecular weight excluding hydrogens is 382 g/mol. The van der Waals surface area contributed by atoms with Crippen molar-refractivity contribution in [1.29, 1.82) is 0 Å². The summed E-state index contributed by atoms with van der Waals surface area (Å²) in [5.74, 6) is 1.47. The van der Waals surface area contributed by atoms with Crippen molar-refractivity contribution in [3.05, 3.63) is 78.0 Å². The van der Waals surface area contributed by atoms with Crippen LogP contribution < -0.4 is 4.74 Å². The van der Waals surface area contributed by atoms with Gasteiger partial charge in [0.25, 0.3) is 5.91 Å². The van der Waals surface area contributed by atoms with E-state index in [4.69, 9.17) is 9.15 Å². The number of benzene rings is 1. The average molecular weight is 405 g/mol. The molecule has 4 heterocycles. The molecule has 5 rings (SSSR count). The molecule has 1 saturated heterocycles. The molecule has 0 saturated carbocycles. The number of hydrogen-bond acceptors (Lipinski definition) is 4. The maximum Gasteiger partial charge on any atom is 0.272 e. The summed E-state index contributed by atoms with van der Waals surface area (Å²) in [6.45, 7) is 1.50. The van der Waals surface area contributed by atoms with Crippen molar-refractivity contribution in [2.75, 3.05) is 20.2 Å². The fourth-order valence-electron chi connectivity index (χ4n) is 4.69. The van der Waals surface area contributed by atoms with Gasteiger partial charge in [-0.05, 0) is 36.4 Å². The van der Waals surface area contributed by atoms with Gasteiger partial charge in [-0.15, -0.1) is 0 Å². The molecule has 0 spiro atoms. The number of furan rings is 1. The van der Waals surface area contributed by atoms with Crippen molar-refractivity contribution in [1.82, 2.24) is 14.4 Å². The van der Waals surface area contributed by atoms with E-state index in [-0.39, 0.29) is 11.8 Å². The SMILES string of the molecule is COc1ccc(C23Cn4cccc4C(=O)N2CCN3C(=O)CCc2ccco2)cc1. The Kier molecular flexibility index (Phi) is 4.38. The standard InChI is InChI=1S/C23H23N3O4/c1-29-18-8-6-17(7-9-18)23-16-24-12-2-5-20(24)22(28)26(23)14-13-25(23)21(27)11-10-19-4-3-15-30-19/h2-9,12,15H,10-11,13-14,16H2,1H3. The van der Waals surface area contributed by atoms with Crippen LogP contribution >= 0.6 is 0 Å². The Labute approximate surface area is 174 Å². The summed E-state index contributed by atoms with van der Waals surface area (Å²) in [6, 6.07) is 15.1. The topological polar surface area (TPSA) is 67.9 Å². The molecule has 30 heavy (non-hydrogen) atoms. The highest BCUT2D eigenvalue weighted by molar-refractivity contribution is 5.95. The molecule has 0 N–H and O–H groups in total. The van der Waals surface area contributed by atoms with E-state index in [1.807, 2.05) is 69.1 Å². The minimum absolute atomic E-state index is 0.00752. The maximum absolute atomic E-state index is 13.4. The van der Waals surface area contributed by atoms with E-state index in [1.54, 1.807) is 13.4 Å². The third-order valence-corrected chi connectivity index (χ3v) is 6.14. The van der Waals surface area contributed by atoms with Crippen LogP contribution in [0.25, 0.3) is 0 Å². The molecule has 154 valence electrons. The first kappa shape index (κ1) is 18.5. The van der Waals surface area contributed by atoms with Crippen LogP contribution in [-0.2, 0) is 23.4 Å². The summed E-state index contributed by atoms with van der Waals surface area (Å²) in [7, 11) is 1.62. The number of rotatable bonds is 5. The Balaban J connectivity index is 1.55. The summed E-state index contributed by atoms with van der Waals surface area (Å²) in [5.41, 5.74) is 0.708. The molecule has 3 aromatic rings. The van der Waals surface area contributed by atoms with Gasteiger partial charge in [0, 0.05) is 37.7 Å². The number of ether oxygens (including phenoxy) is 1. The molecule has 1 aromatic carbocycles. The summed E-state index contributed by atoms with van der Waals surface area (Å²) >= 11 is 0. The van der Waals surface area contributed by atoms with E-state index in [2.05, 4.69) is 0 Å². The number of aromatic nitrogens is 1. The van der Waals surface area contributed by atoms with Gasteiger partial charge in [-0.25, -0.2) is 0 Å². The van der Waals surface area contributed by atoms with Gasteiger partial charge in [0.05, 0.1) is 19.9 Å². The van der Waals surface area contributed by atoms with E-state index in [0.717, 1.165) is 17.1 Å². The quantitative estimate of drug-likeness (QED) is 0.655.